The highest BCUT2D eigenvalue weighted by molar-refractivity contribution is 5.94. The molecular formula is C15H19N3O4. The number of aliphatic carboxylic acids is 1. The van der Waals surface area contributed by atoms with Gasteiger partial charge < -0.3 is 21.1 Å². The summed E-state index contributed by atoms with van der Waals surface area (Å²) in [5.74, 6) is -1.36. The van der Waals surface area contributed by atoms with Gasteiger partial charge in [0.2, 0.25) is 5.91 Å². The van der Waals surface area contributed by atoms with E-state index in [2.05, 4.69) is 16.0 Å². The molecule has 2 amide bonds. The SMILES string of the molecule is O=C(O)CCNC(=O)[C@@H]1C[C@@H](NC(=O)c2ccccc2)CN1. The molecule has 118 valence electrons. The van der Waals surface area contributed by atoms with Crippen molar-refractivity contribution >= 4 is 17.8 Å². The highest BCUT2D eigenvalue weighted by Gasteiger charge is 2.30. The Balaban J connectivity index is 1.76. The average Bonchev–Trinajstić information content (AvgIpc) is 2.96. The van der Waals surface area contributed by atoms with Crippen LogP contribution in [0.5, 0.6) is 0 Å². The maximum atomic E-state index is 12.0. The summed E-state index contributed by atoms with van der Waals surface area (Å²) in [4.78, 5) is 34.3. The van der Waals surface area contributed by atoms with Crippen LogP contribution in [-0.4, -0.2) is 48.1 Å². The first-order chi connectivity index (χ1) is 10.6. The molecule has 0 bridgehead atoms. The van der Waals surface area contributed by atoms with E-state index in [9.17, 15) is 14.4 Å². The number of hydrogen-bond acceptors (Lipinski definition) is 4. The molecule has 1 fully saturated rings. The van der Waals surface area contributed by atoms with Gasteiger partial charge in [-0.15, -0.1) is 0 Å². The van der Waals surface area contributed by atoms with Crippen molar-refractivity contribution in [2.24, 2.45) is 0 Å². The molecule has 1 aliphatic heterocycles. The van der Waals surface area contributed by atoms with Crippen LogP contribution in [0.1, 0.15) is 23.2 Å². The lowest BCUT2D eigenvalue weighted by atomic mass is 10.1. The van der Waals surface area contributed by atoms with Crippen LogP contribution >= 0.6 is 0 Å². The second-order valence-electron chi connectivity index (χ2n) is 5.17. The highest BCUT2D eigenvalue weighted by Crippen LogP contribution is 2.08. The van der Waals surface area contributed by atoms with Gasteiger partial charge in [0, 0.05) is 24.7 Å². The van der Waals surface area contributed by atoms with Gasteiger partial charge >= 0.3 is 5.97 Å². The number of carboxylic acids is 1. The zero-order chi connectivity index (χ0) is 15.9. The van der Waals surface area contributed by atoms with Crippen LogP contribution in [0.15, 0.2) is 30.3 Å². The summed E-state index contributed by atoms with van der Waals surface area (Å²) in [6.07, 6.45) is 0.379. The minimum absolute atomic E-state index is 0.105. The first-order valence-corrected chi connectivity index (χ1v) is 7.15. The van der Waals surface area contributed by atoms with Crippen LogP contribution in [0.4, 0.5) is 0 Å². The van der Waals surface area contributed by atoms with E-state index in [0.717, 1.165) is 0 Å². The Morgan fingerprint density at radius 2 is 1.95 bits per heavy atom. The predicted octanol–water partition coefficient (Wildman–Crippen LogP) is -0.262. The lowest BCUT2D eigenvalue weighted by Crippen LogP contribution is -2.41. The Bertz CT molecular complexity index is 547. The molecular weight excluding hydrogens is 286 g/mol. The molecule has 1 aliphatic rings. The molecule has 0 unspecified atom stereocenters. The summed E-state index contributed by atoms with van der Waals surface area (Å²) < 4.78 is 0. The molecule has 2 rings (SSSR count). The monoisotopic (exact) mass is 305 g/mol. The second-order valence-corrected chi connectivity index (χ2v) is 5.17. The van der Waals surface area contributed by atoms with Gasteiger partial charge in [0.05, 0.1) is 12.5 Å². The number of carbonyl (C=O) groups excluding carboxylic acids is 2. The Kier molecular flexibility index (Phi) is 5.48. The zero-order valence-corrected chi connectivity index (χ0v) is 12.0. The van der Waals surface area contributed by atoms with Crippen molar-refractivity contribution in [3.05, 3.63) is 35.9 Å². The average molecular weight is 305 g/mol. The lowest BCUT2D eigenvalue weighted by molar-refractivity contribution is -0.137. The van der Waals surface area contributed by atoms with Crippen molar-refractivity contribution in [3.8, 4) is 0 Å². The molecule has 1 aromatic rings. The van der Waals surface area contributed by atoms with Crippen LogP contribution in [0, 0.1) is 0 Å². The number of carbonyl (C=O) groups is 3. The minimum Gasteiger partial charge on any atom is -0.481 e. The van der Waals surface area contributed by atoms with Gasteiger partial charge in [-0.2, -0.15) is 0 Å². The van der Waals surface area contributed by atoms with Crippen LogP contribution < -0.4 is 16.0 Å². The number of hydrogen-bond donors (Lipinski definition) is 4. The Morgan fingerprint density at radius 3 is 2.64 bits per heavy atom. The smallest absolute Gasteiger partial charge is 0.305 e. The minimum atomic E-state index is -0.951. The van der Waals surface area contributed by atoms with Gasteiger partial charge in [0.15, 0.2) is 0 Å². The topological polar surface area (TPSA) is 108 Å². The Hall–Kier alpha value is -2.41. The third-order valence-electron chi connectivity index (χ3n) is 3.46. The van der Waals surface area contributed by atoms with Crippen molar-refractivity contribution < 1.29 is 19.5 Å². The molecule has 7 heteroatoms. The number of amides is 2. The van der Waals surface area contributed by atoms with Crippen LogP contribution in [0.3, 0.4) is 0 Å². The van der Waals surface area contributed by atoms with E-state index in [1.54, 1.807) is 24.3 Å². The third-order valence-corrected chi connectivity index (χ3v) is 3.46. The van der Waals surface area contributed by atoms with E-state index in [4.69, 9.17) is 5.11 Å². The van der Waals surface area contributed by atoms with Gasteiger partial charge in [-0.1, -0.05) is 18.2 Å². The molecule has 1 aromatic carbocycles. The maximum absolute atomic E-state index is 12.0. The number of nitrogens with one attached hydrogen (secondary N) is 3. The summed E-state index contributed by atoms with van der Waals surface area (Å²) in [6.45, 7) is 0.614. The number of rotatable bonds is 6. The first-order valence-electron chi connectivity index (χ1n) is 7.15. The van der Waals surface area contributed by atoms with E-state index < -0.39 is 12.0 Å². The van der Waals surface area contributed by atoms with Crippen molar-refractivity contribution in [2.75, 3.05) is 13.1 Å². The molecule has 4 N–H and O–H groups in total. The lowest BCUT2D eigenvalue weighted by Gasteiger charge is -2.12. The van der Waals surface area contributed by atoms with E-state index >= 15 is 0 Å². The second kappa shape index (κ2) is 7.56. The standard InChI is InChI=1S/C15H19N3O4/c19-13(20)6-7-16-15(22)12-8-11(9-17-12)18-14(21)10-4-2-1-3-5-10/h1-5,11-12,17H,6-9H2,(H,16,22)(H,18,21)(H,19,20)/t11-,12+/m1/s1. The summed E-state index contributed by atoms with van der Waals surface area (Å²) in [5, 5.41) is 17.0. The summed E-state index contributed by atoms with van der Waals surface area (Å²) in [5.41, 5.74) is 0.580. The van der Waals surface area contributed by atoms with Gasteiger partial charge in [-0.3, -0.25) is 14.4 Å². The fourth-order valence-corrected chi connectivity index (χ4v) is 2.32. The van der Waals surface area contributed by atoms with Gasteiger partial charge in [-0.25, -0.2) is 0 Å². The molecule has 1 heterocycles. The van der Waals surface area contributed by atoms with Crippen LogP contribution in [0.25, 0.3) is 0 Å². The Morgan fingerprint density at radius 1 is 1.23 bits per heavy atom. The summed E-state index contributed by atoms with van der Waals surface area (Å²) in [7, 11) is 0. The largest absolute Gasteiger partial charge is 0.481 e. The van der Waals surface area contributed by atoms with E-state index in [1.807, 2.05) is 6.07 Å². The van der Waals surface area contributed by atoms with Crippen LogP contribution in [0.2, 0.25) is 0 Å². The van der Waals surface area contributed by atoms with E-state index in [1.165, 1.54) is 0 Å². The predicted molar refractivity (Wildman–Crippen MR) is 79.4 cm³/mol. The van der Waals surface area contributed by atoms with Crippen molar-refractivity contribution in [1.29, 1.82) is 0 Å². The molecule has 0 aromatic heterocycles. The molecule has 1 saturated heterocycles. The maximum Gasteiger partial charge on any atom is 0.305 e. The first kappa shape index (κ1) is 16.0. The molecule has 0 spiro atoms. The van der Waals surface area contributed by atoms with Gasteiger partial charge in [0.25, 0.3) is 5.91 Å². The van der Waals surface area contributed by atoms with Crippen molar-refractivity contribution in [3.63, 3.8) is 0 Å². The van der Waals surface area contributed by atoms with Gasteiger partial charge in [-0.05, 0) is 18.6 Å². The number of carboxylic acid groups (broad SMARTS) is 1. The highest BCUT2D eigenvalue weighted by atomic mass is 16.4. The Labute approximate surface area is 128 Å². The molecule has 0 saturated carbocycles. The third kappa shape index (κ3) is 4.56. The zero-order valence-electron chi connectivity index (χ0n) is 12.0. The van der Waals surface area contributed by atoms with Gasteiger partial charge in [0.1, 0.15) is 0 Å². The molecule has 0 aliphatic carbocycles. The summed E-state index contributed by atoms with van der Waals surface area (Å²) >= 11 is 0. The number of benzene rings is 1. The van der Waals surface area contributed by atoms with E-state index in [0.29, 0.717) is 18.5 Å². The van der Waals surface area contributed by atoms with Crippen molar-refractivity contribution in [1.82, 2.24) is 16.0 Å². The van der Waals surface area contributed by atoms with Crippen LogP contribution in [-0.2, 0) is 9.59 Å². The summed E-state index contributed by atoms with van der Waals surface area (Å²) in [6, 6.07) is 8.35. The molecule has 2 atom stereocenters. The fraction of sp³-hybridized carbons (Fsp3) is 0.400. The fourth-order valence-electron chi connectivity index (χ4n) is 2.32. The molecule has 7 nitrogen and oxygen atoms in total. The molecule has 22 heavy (non-hydrogen) atoms. The quantitative estimate of drug-likeness (QED) is 0.579. The molecule has 0 radical (unpaired) electrons. The van der Waals surface area contributed by atoms with E-state index in [-0.39, 0.29) is 30.8 Å². The normalized spacial score (nSPS) is 20.4. The van der Waals surface area contributed by atoms with Crippen molar-refractivity contribution in [2.45, 2.75) is 24.9 Å².